The smallest absolute Gasteiger partial charge is 0.251 e. The maximum absolute atomic E-state index is 12.3. The molecule has 0 spiro atoms. The summed E-state index contributed by atoms with van der Waals surface area (Å²) < 4.78 is 8.30. The maximum Gasteiger partial charge on any atom is 0.251 e. The summed E-state index contributed by atoms with van der Waals surface area (Å²) in [4.78, 5) is 17.1. The Balaban J connectivity index is 1.29. The van der Waals surface area contributed by atoms with Crippen molar-refractivity contribution in [3.8, 4) is 5.75 Å². The second kappa shape index (κ2) is 11.5. The molecule has 0 aliphatic carbocycles. The summed E-state index contributed by atoms with van der Waals surface area (Å²) in [5.41, 5.74) is 5.34. The van der Waals surface area contributed by atoms with E-state index < -0.39 is 0 Å². The van der Waals surface area contributed by atoms with E-state index in [9.17, 15) is 4.79 Å². The molecule has 0 aliphatic rings. The molecule has 1 N–H and O–H groups in total. The van der Waals surface area contributed by atoms with Gasteiger partial charge < -0.3 is 14.6 Å². The van der Waals surface area contributed by atoms with Gasteiger partial charge in [0, 0.05) is 25.1 Å². The summed E-state index contributed by atoms with van der Waals surface area (Å²) in [6.45, 7) is 6.43. The molecule has 0 atom stereocenters. The molecule has 0 saturated heterocycles. The number of rotatable bonds is 11. The summed E-state index contributed by atoms with van der Waals surface area (Å²) >= 11 is 0. The average molecular weight is 456 g/mol. The van der Waals surface area contributed by atoms with Gasteiger partial charge in [-0.15, -0.1) is 0 Å². The zero-order valence-corrected chi connectivity index (χ0v) is 20.1. The zero-order valence-electron chi connectivity index (χ0n) is 20.1. The van der Waals surface area contributed by atoms with Crippen LogP contribution >= 0.6 is 0 Å². The molecule has 176 valence electrons. The van der Waals surface area contributed by atoms with Crippen molar-refractivity contribution >= 4 is 16.9 Å². The number of unbranched alkanes of at least 4 members (excludes halogenated alkanes) is 1. The number of hydrogen-bond acceptors (Lipinski definition) is 3. The van der Waals surface area contributed by atoms with E-state index in [1.54, 1.807) is 0 Å². The number of para-hydroxylation sites is 2. The fourth-order valence-corrected chi connectivity index (χ4v) is 4.28. The van der Waals surface area contributed by atoms with Gasteiger partial charge in [-0.1, -0.05) is 36.4 Å². The van der Waals surface area contributed by atoms with E-state index in [0.717, 1.165) is 49.3 Å². The molecule has 3 aromatic carbocycles. The molecule has 1 aromatic heterocycles. The number of ether oxygens (including phenoxy) is 1. The third-order valence-corrected chi connectivity index (χ3v) is 5.87. The molecule has 5 nitrogen and oxygen atoms in total. The summed E-state index contributed by atoms with van der Waals surface area (Å²) in [5, 5.41) is 3.01. The Morgan fingerprint density at radius 2 is 1.65 bits per heavy atom. The van der Waals surface area contributed by atoms with Crippen LogP contribution in [0.15, 0.2) is 72.8 Å². The molecule has 1 amide bonds. The van der Waals surface area contributed by atoms with Crippen LogP contribution in [0.3, 0.4) is 0 Å². The van der Waals surface area contributed by atoms with Crippen LogP contribution in [-0.4, -0.2) is 28.6 Å². The number of aryl methyl sites for hydroxylation is 4. The van der Waals surface area contributed by atoms with Gasteiger partial charge in [-0.25, -0.2) is 4.98 Å². The van der Waals surface area contributed by atoms with Gasteiger partial charge in [-0.05, 0) is 80.6 Å². The van der Waals surface area contributed by atoms with Gasteiger partial charge in [0.2, 0.25) is 0 Å². The van der Waals surface area contributed by atoms with Crippen molar-refractivity contribution in [3.63, 3.8) is 0 Å². The highest BCUT2D eigenvalue weighted by molar-refractivity contribution is 5.94. The Hall–Kier alpha value is -3.60. The summed E-state index contributed by atoms with van der Waals surface area (Å²) in [6.07, 6.45) is 3.66. The van der Waals surface area contributed by atoms with Crippen LogP contribution in [0.1, 0.15) is 46.6 Å². The maximum atomic E-state index is 12.3. The number of imidazole rings is 1. The minimum absolute atomic E-state index is 0.0297. The predicted octanol–water partition coefficient (Wildman–Crippen LogP) is 5.87. The molecule has 4 aromatic rings. The van der Waals surface area contributed by atoms with Gasteiger partial charge in [0.1, 0.15) is 11.6 Å². The Bertz CT molecular complexity index is 1210. The van der Waals surface area contributed by atoms with E-state index in [0.29, 0.717) is 18.7 Å². The van der Waals surface area contributed by atoms with E-state index in [1.165, 1.54) is 16.6 Å². The number of nitrogens with zero attached hydrogens (tertiary/aromatic N) is 2. The first-order valence-electron chi connectivity index (χ1n) is 12.1. The van der Waals surface area contributed by atoms with Gasteiger partial charge in [-0.2, -0.15) is 0 Å². The molecule has 0 aliphatic heterocycles. The van der Waals surface area contributed by atoms with Crippen molar-refractivity contribution in [3.05, 3.63) is 95.3 Å². The molecule has 0 saturated carbocycles. The topological polar surface area (TPSA) is 56.1 Å². The van der Waals surface area contributed by atoms with Crippen molar-refractivity contribution in [1.29, 1.82) is 0 Å². The number of carbonyl (C=O) groups is 1. The standard InChI is InChI=1S/C29H33N3O2/c1-22-19-23(2)21-25(20-22)34-18-9-8-17-32-27-14-7-6-13-26(27)31-28(32)15-10-16-30-29(33)24-11-4-3-5-12-24/h3-7,11-14,19-21H,8-10,15-18H2,1-2H3,(H,30,33). The van der Waals surface area contributed by atoms with Crippen molar-refractivity contribution in [2.24, 2.45) is 0 Å². The van der Waals surface area contributed by atoms with E-state index in [2.05, 4.69) is 60.1 Å². The van der Waals surface area contributed by atoms with Crippen LogP contribution in [0.2, 0.25) is 0 Å². The highest BCUT2D eigenvalue weighted by atomic mass is 16.5. The van der Waals surface area contributed by atoms with Crippen LogP contribution < -0.4 is 10.1 Å². The molecule has 5 heteroatoms. The molecule has 34 heavy (non-hydrogen) atoms. The first kappa shape index (κ1) is 23.6. The highest BCUT2D eigenvalue weighted by Crippen LogP contribution is 2.19. The number of nitrogens with one attached hydrogen (secondary N) is 1. The Morgan fingerprint density at radius 1 is 0.912 bits per heavy atom. The van der Waals surface area contributed by atoms with E-state index >= 15 is 0 Å². The highest BCUT2D eigenvalue weighted by Gasteiger charge is 2.11. The number of benzene rings is 3. The van der Waals surface area contributed by atoms with Crippen molar-refractivity contribution in [2.45, 2.75) is 46.1 Å². The van der Waals surface area contributed by atoms with Crippen LogP contribution in [0.25, 0.3) is 11.0 Å². The molecule has 0 unspecified atom stereocenters. The molecular weight excluding hydrogens is 422 g/mol. The predicted molar refractivity (Wildman–Crippen MR) is 137 cm³/mol. The fourth-order valence-electron chi connectivity index (χ4n) is 4.28. The van der Waals surface area contributed by atoms with Crippen LogP contribution in [0, 0.1) is 13.8 Å². The summed E-state index contributed by atoms with van der Waals surface area (Å²) in [6, 6.07) is 24.0. The van der Waals surface area contributed by atoms with Crippen LogP contribution in [-0.2, 0) is 13.0 Å². The first-order chi connectivity index (χ1) is 16.6. The molecule has 0 fully saturated rings. The van der Waals surface area contributed by atoms with Gasteiger partial charge in [0.05, 0.1) is 17.6 Å². The SMILES string of the molecule is Cc1cc(C)cc(OCCCCn2c(CCCNC(=O)c3ccccc3)nc3ccccc32)c1. The Kier molecular flexibility index (Phi) is 7.97. The second-order valence-corrected chi connectivity index (χ2v) is 8.77. The second-order valence-electron chi connectivity index (χ2n) is 8.77. The lowest BCUT2D eigenvalue weighted by atomic mass is 10.1. The lowest BCUT2D eigenvalue weighted by Crippen LogP contribution is -2.24. The zero-order chi connectivity index (χ0) is 23.8. The normalized spacial score (nSPS) is 11.0. The molecule has 4 rings (SSSR count). The molecular formula is C29H33N3O2. The number of hydrogen-bond donors (Lipinski definition) is 1. The largest absolute Gasteiger partial charge is 0.494 e. The van der Waals surface area contributed by atoms with Gasteiger partial charge in [-0.3, -0.25) is 4.79 Å². The quantitative estimate of drug-likeness (QED) is 0.288. The Labute approximate surface area is 201 Å². The first-order valence-corrected chi connectivity index (χ1v) is 12.1. The van der Waals surface area contributed by atoms with Crippen LogP contribution in [0.4, 0.5) is 0 Å². The third-order valence-electron chi connectivity index (χ3n) is 5.87. The third kappa shape index (κ3) is 6.25. The van der Waals surface area contributed by atoms with E-state index in [-0.39, 0.29) is 5.91 Å². The molecule has 1 heterocycles. The lowest BCUT2D eigenvalue weighted by Gasteiger charge is -2.11. The van der Waals surface area contributed by atoms with Crippen molar-refractivity contribution in [1.82, 2.24) is 14.9 Å². The van der Waals surface area contributed by atoms with Gasteiger partial charge in [0.15, 0.2) is 0 Å². The minimum atomic E-state index is -0.0297. The lowest BCUT2D eigenvalue weighted by molar-refractivity contribution is 0.0953. The minimum Gasteiger partial charge on any atom is -0.494 e. The van der Waals surface area contributed by atoms with Crippen molar-refractivity contribution < 1.29 is 9.53 Å². The van der Waals surface area contributed by atoms with Crippen molar-refractivity contribution in [2.75, 3.05) is 13.2 Å². The fraction of sp³-hybridized carbons (Fsp3) is 0.310. The number of fused-ring (bicyclic) bond motifs is 1. The number of amides is 1. The van der Waals surface area contributed by atoms with Crippen LogP contribution in [0.5, 0.6) is 5.75 Å². The van der Waals surface area contributed by atoms with E-state index in [4.69, 9.17) is 9.72 Å². The average Bonchev–Trinajstić information content (AvgIpc) is 3.19. The summed E-state index contributed by atoms with van der Waals surface area (Å²) in [5.74, 6) is 1.99. The Morgan fingerprint density at radius 3 is 2.44 bits per heavy atom. The van der Waals surface area contributed by atoms with Gasteiger partial charge in [0.25, 0.3) is 5.91 Å². The van der Waals surface area contributed by atoms with Gasteiger partial charge >= 0.3 is 0 Å². The summed E-state index contributed by atoms with van der Waals surface area (Å²) in [7, 11) is 0. The van der Waals surface area contributed by atoms with E-state index in [1.807, 2.05) is 36.4 Å². The monoisotopic (exact) mass is 455 g/mol. The number of carbonyl (C=O) groups excluding carboxylic acids is 1. The number of aromatic nitrogens is 2. The molecule has 0 radical (unpaired) electrons. The molecule has 0 bridgehead atoms.